The molecule has 2 aromatic heterocycles. The van der Waals surface area contributed by atoms with Crippen LogP contribution in [0.4, 0.5) is 13.2 Å². The highest BCUT2D eigenvalue weighted by atomic mass is 32.2. The molecule has 0 aliphatic rings. The van der Waals surface area contributed by atoms with E-state index >= 15 is 0 Å². The Labute approximate surface area is 214 Å². The van der Waals surface area contributed by atoms with Gasteiger partial charge >= 0.3 is 6.18 Å². The minimum Gasteiger partial charge on any atom is -0.376 e. The molecule has 0 saturated carbocycles. The van der Waals surface area contributed by atoms with Crippen LogP contribution in [0.2, 0.25) is 0 Å². The van der Waals surface area contributed by atoms with Crippen LogP contribution < -0.4 is 4.72 Å². The highest BCUT2D eigenvalue weighted by Gasteiger charge is 2.51. The van der Waals surface area contributed by atoms with Gasteiger partial charge in [0.2, 0.25) is 0 Å². The van der Waals surface area contributed by atoms with Gasteiger partial charge in [0.25, 0.3) is 0 Å². The number of thiophene rings is 1. The monoisotopic (exact) mass is 532 g/mol. The largest absolute Gasteiger partial charge is 0.421 e. The first kappa shape index (κ1) is 26.5. The Bertz CT molecular complexity index is 1390. The van der Waals surface area contributed by atoms with Gasteiger partial charge in [-0.15, -0.1) is 11.3 Å². The summed E-state index contributed by atoms with van der Waals surface area (Å²) in [6, 6.07) is 19.4. The van der Waals surface area contributed by atoms with E-state index in [0.29, 0.717) is 11.3 Å². The third-order valence-electron chi connectivity index (χ3n) is 5.91. The van der Waals surface area contributed by atoms with Gasteiger partial charge in [-0.2, -0.15) is 13.2 Å². The first-order valence-electron chi connectivity index (χ1n) is 11.3. The Kier molecular flexibility index (Phi) is 7.13. The normalized spacial score (nSPS) is 16.0. The molecule has 0 amide bonds. The van der Waals surface area contributed by atoms with Gasteiger partial charge in [-0.3, -0.25) is 4.98 Å². The summed E-state index contributed by atoms with van der Waals surface area (Å²) >= 11 is 1.47. The van der Waals surface area contributed by atoms with Crippen molar-refractivity contribution in [2.45, 2.75) is 50.3 Å². The van der Waals surface area contributed by atoms with Gasteiger partial charge in [-0.05, 0) is 62.4 Å². The van der Waals surface area contributed by atoms with Crippen LogP contribution in [0.5, 0.6) is 0 Å². The van der Waals surface area contributed by atoms with Crippen LogP contribution in [0.1, 0.15) is 49.7 Å². The molecule has 0 aliphatic carbocycles. The molecular weight excluding hydrogens is 505 g/mol. The number of nitrogens with one attached hydrogen (secondary N) is 1. The SMILES string of the molecule is CC(C)(C)S(=O)NC(c1ccccc1)c1cc2cccc(-c3cc(C(C)(O)C(F)(F)F)ccn3)c2s1. The van der Waals surface area contributed by atoms with E-state index in [4.69, 9.17) is 0 Å². The summed E-state index contributed by atoms with van der Waals surface area (Å²) in [6.45, 7) is 6.43. The number of hydrogen-bond donors (Lipinski definition) is 2. The molecule has 0 saturated heterocycles. The number of pyridine rings is 1. The highest BCUT2D eigenvalue weighted by molar-refractivity contribution is 7.84. The molecule has 0 spiro atoms. The lowest BCUT2D eigenvalue weighted by molar-refractivity contribution is -0.258. The van der Waals surface area contributed by atoms with Crippen molar-refractivity contribution in [2.24, 2.45) is 0 Å². The summed E-state index contributed by atoms with van der Waals surface area (Å²) in [7, 11) is -1.34. The van der Waals surface area contributed by atoms with Gasteiger partial charge < -0.3 is 5.11 Å². The number of halogens is 3. The van der Waals surface area contributed by atoms with E-state index in [1.165, 1.54) is 29.7 Å². The standard InChI is InChI=1S/C27H27F3N2O2S2/c1-25(2,3)36(34)32-23(17-9-6-5-7-10-17)22-15-18-11-8-12-20(24(18)35-22)21-16-19(13-14-31-21)26(4,33)27(28,29)30/h5-16,23,32-33H,1-4H3. The molecule has 4 aromatic rings. The lowest BCUT2D eigenvalue weighted by Crippen LogP contribution is -2.39. The van der Waals surface area contributed by atoms with Crippen molar-refractivity contribution in [1.29, 1.82) is 0 Å². The van der Waals surface area contributed by atoms with Gasteiger partial charge in [0.05, 0.1) is 27.5 Å². The Morgan fingerprint density at radius 2 is 1.67 bits per heavy atom. The Morgan fingerprint density at radius 1 is 0.972 bits per heavy atom. The van der Waals surface area contributed by atoms with E-state index in [-0.39, 0.29) is 11.6 Å². The molecule has 0 radical (unpaired) electrons. The summed E-state index contributed by atoms with van der Waals surface area (Å²) in [6.07, 6.45) is -3.55. The molecule has 3 atom stereocenters. The first-order valence-corrected chi connectivity index (χ1v) is 13.3. The number of benzene rings is 2. The van der Waals surface area contributed by atoms with E-state index in [1.54, 1.807) is 6.07 Å². The van der Waals surface area contributed by atoms with Crippen LogP contribution in [0.3, 0.4) is 0 Å². The maximum Gasteiger partial charge on any atom is 0.421 e. The van der Waals surface area contributed by atoms with E-state index < -0.39 is 27.5 Å². The van der Waals surface area contributed by atoms with Crippen LogP contribution in [-0.2, 0) is 16.6 Å². The summed E-state index contributed by atoms with van der Waals surface area (Å²) in [4.78, 5) is 5.23. The molecule has 4 rings (SSSR count). The lowest BCUT2D eigenvalue weighted by atomic mass is 9.94. The average Bonchev–Trinajstić information content (AvgIpc) is 3.25. The topological polar surface area (TPSA) is 62.2 Å². The number of rotatable bonds is 6. The fourth-order valence-corrected chi connectivity index (χ4v) is 5.86. The third-order valence-corrected chi connectivity index (χ3v) is 8.72. The van der Waals surface area contributed by atoms with Crippen LogP contribution in [0.25, 0.3) is 21.3 Å². The quantitative estimate of drug-likeness (QED) is 0.285. The second-order valence-electron chi connectivity index (χ2n) is 9.72. The molecule has 0 fully saturated rings. The molecule has 3 unspecified atom stereocenters. The summed E-state index contributed by atoms with van der Waals surface area (Å²) in [5.41, 5.74) is -1.34. The van der Waals surface area contributed by atoms with Gasteiger partial charge in [0.1, 0.15) is 0 Å². The Hall–Kier alpha value is -2.59. The molecule has 0 bridgehead atoms. The zero-order chi connectivity index (χ0) is 26.3. The van der Waals surface area contributed by atoms with Crippen LogP contribution >= 0.6 is 11.3 Å². The summed E-state index contributed by atoms with van der Waals surface area (Å²) < 4.78 is 57.0. The Balaban J connectivity index is 1.82. The molecule has 0 aliphatic heterocycles. The maximum absolute atomic E-state index is 13.4. The van der Waals surface area contributed by atoms with Crippen molar-refractivity contribution in [3.8, 4) is 11.3 Å². The zero-order valence-electron chi connectivity index (χ0n) is 20.3. The zero-order valence-corrected chi connectivity index (χ0v) is 21.9. The summed E-state index contributed by atoms with van der Waals surface area (Å²) in [5.74, 6) is 0. The first-order chi connectivity index (χ1) is 16.8. The van der Waals surface area contributed by atoms with Crippen LogP contribution in [0.15, 0.2) is 72.9 Å². The van der Waals surface area contributed by atoms with Crippen molar-refractivity contribution in [1.82, 2.24) is 9.71 Å². The van der Waals surface area contributed by atoms with Crippen molar-refractivity contribution < 1.29 is 22.5 Å². The predicted octanol–water partition coefficient (Wildman–Crippen LogP) is 6.87. The molecule has 2 aromatic carbocycles. The minimum absolute atomic E-state index is 0.279. The molecule has 9 heteroatoms. The molecule has 4 nitrogen and oxygen atoms in total. The number of hydrogen-bond acceptors (Lipinski definition) is 4. The van der Waals surface area contributed by atoms with E-state index in [0.717, 1.165) is 27.5 Å². The van der Waals surface area contributed by atoms with Crippen LogP contribution in [-0.4, -0.2) is 25.2 Å². The molecule has 36 heavy (non-hydrogen) atoms. The van der Waals surface area contributed by atoms with Gasteiger partial charge in [-0.25, -0.2) is 8.93 Å². The maximum atomic E-state index is 13.4. The number of aliphatic hydroxyl groups is 1. The third kappa shape index (κ3) is 5.25. The molecule has 2 N–H and O–H groups in total. The van der Waals surface area contributed by atoms with E-state index in [1.807, 2.05) is 69.3 Å². The van der Waals surface area contributed by atoms with Crippen LogP contribution in [0, 0.1) is 0 Å². The smallest absolute Gasteiger partial charge is 0.376 e. The molecule has 190 valence electrons. The number of fused-ring (bicyclic) bond motifs is 1. The Morgan fingerprint density at radius 3 is 2.31 bits per heavy atom. The number of alkyl halides is 3. The molecule has 2 heterocycles. The molecular formula is C27H27F3N2O2S2. The van der Waals surface area contributed by atoms with E-state index in [2.05, 4.69) is 9.71 Å². The second kappa shape index (κ2) is 9.70. The lowest BCUT2D eigenvalue weighted by Gasteiger charge is -2.26. The second-order valence-corrected chi connectivity index (χ2v) is 12.8. The highest BCUT2D eigenvalue weighted by Crippen LogP contribution is 2.42. The predicted molar refractivity (Wildman–Crippen MR) is 140 cm³/mol. The fourth-order valence-electron chi connectivity index (χ4n) is 3.69. The van der Waals surface area contributed by atoms with Gasteiger partial charge in [-0.1, -0.05) is 48.5 Å². The van der Waals surface area contributed by atoms with Crippen molar-refractivity contribution >= 4 is 32.4 Å². The average molecular weight is 533 g/mol. The summed E-state index contributed by atoms with van der Waals surface area (Å²) in [5, 5.41) is 11.1. The van der Waals surface area contributed by atoms with Gasteiger partial charge in [0.15, 0.2) is 5.60 Å². The minimum atomic E-state index is -4.83. The van der Waals surface area contributed by atoms with Gasteiger partial charge in [0, 0.05) is 21.3 Å². The van der Waals surface area contributed by atoms with Crippen molar-refractivity contribution in [3.63, 3.8) is 0 Å². The number of nitrogens with zero attached hydrogens (tertiary/aromatic N) is 1. The number of aromatic nitrogens is 1. The van der Waals surface area contributed by atoms with Crippen molar-refractivity contribution in [3.05, 3.63) is 88.9 Å². The van der Waals surface area contributed by atoms with E-state index in [9.17, 15) is 22.5 Å². The van der Waals surface area contributed by atoms with Crippen molar-refractivity contribution in [2.75, 3.05) is 0 Å². The fraction of sp³-hybridized carbons (Fsp3) is 0.296.